The Morgan fingerprint density at radius 2 is 1.47 bits per heavy atom. The number of aryl methyl sites for hydroxylation is 2. The van der Waals surface area contributed by atoms with E-state index in [0.717, 1.165) is 11.1 Å². The van der Waals surface area contributed by atoms with Gasteiger partial charge in [0.2, 0.25) is 0 Å². The molecule has 2 N–H and O–H groups in total. The van der Waals surface area contributed by atoms with E-state index in [-0.39, 0.29) is 11.1 Å². The van der Waals surface area contributed by atoms with Gasteiger partial charge >= 0.3 is 0 Å². The molecule has 2 aromatic carbocycles. The van der Waals surface area contributed by atoms with Crippen LogP contribution in [0.4, 0.5) is 8.78 Å². The molecule has 19 heavy (non-hydrogen) atoms. The number of benzene rings is 2. The van der Waals surface area contributed by atoms with E-state index in [1.807, 2.05) is 31.2 Å². The molecule has 0 fully saturated rings. The van der Waals surface area contributed by atoms with Crippen molar-refractivity contribution in [3.05, 3.63) is 70.3 Å². The Balaban J connectivity index is 2.56. The summed E-state index contributed by atoms with van der Waals surface area (Å²) in [6, 6.07) is 10.6. The largest absolute Gasteiger partial charge is 0.318 e. The third-order valence-electron chi connectivity index (χ3n) is 3.49. The summed E-state index contributed by atoms with van der Waals surface area (Å²) < 4.78 is 27.7. The van der Waals surface area contributed by atoms with Crippen LogP contribution in [0.15, 0.2) is 36.4 Å². The van der Waals surface area contributed by atoms with Crippen LogP contribution in [0.1, 0.15) is 29.2 Å². The van der Waals surface area contributed by atoms with Crippen LogP contribution in [-0.4, -0.2) is 0 Å². The van der Waals surface area contributed by atoms with Gasteiger partial charge in [-0.25, -0.2) is 8.78 Å². The van der Waals surface area contributed by atoms with Crippen molar-refractivity contribution in [2.75, 3.05) is 0 Å². The quantitative estimate of drug-likeness (QED) is 0.874. The second-order valence-corrected chi connectivity index (χ2v) is 5.13. The minimum Gasteiger partial charge on any atom is -0.318 e. The first-order valence-electron chi connectivity index (χ1n) is 6.15. The van der Waals surface area contributed by atoms with Gasteiger partial charge in [0.05, 0.1) is 5.54 Å². The van der Waals surface area contributed by atoms with Gasteiger partial charge in [0.1, 0.15) is 0 Å². The number of hydrogen-bond acceptors (Lipinski definition) is 1. The molecule has 0 spiro atoms. The van der Waals surface area contributed by atoms with Crippen LogP contribution in [0.3, 0.4) is 0 Å². The smallest absolute Gasteiger partial charge is 0.164 e. The monoisotopic (exact) mass is 261 g/mol. The van der Waals surface area contributed by atoms with Crippen molar-refractivity contribution in [1.29, 1.82) is 0 Å². The zero-order valence-corrected chi connectivity index (χ0v) is 11.3. The lowest BCUT2D eigenvalue weighted by molar-refractivity contribution is 0.464. The average Bonchev–Trinajstić information content (AvgIpc) is 2.36. The number of rotatable bonds is 2. The zero-order chi connectivity index (χ0) is 14.2. The van der Waals surface area contributed by atoms with Gasteiger partial charge in [-0.05, 0) is 31.9 Å². The van der Waals surface area contributed by atoms with E-state index in [1.54, 1.807) is 19.1 Å². The number of halogens is 2. The van der Waals surface area contributed by atoms with E-state index in [1.165, 1.54) is 6.92 Å². The molecule has 1 atom stereocenters. The predicted octanol–water partition coefficient (Wildman–Crippen LogP) is 3.80. The van der Waals surface area contributed by atoms with Gasteiger partial charge in [0.15, 0.2) is 11.6 Å². The van der Waals surface area contributed by atoms with E-state index in [9.17, 15) is 8.78 Å². The molecule has 0 bridgehead atoms. The summed E-state index contributed by atoms with van der Waals surface area (Å²) in [6.45, 7) is 5.18. The van der Waals surface area contributed by atoms with E-state index in [0.29, 0.717) is 0 Å². The van der Waals surface area contributed by atoms with Crippen LogP contribution in [0.5, 0.6) is 0 Å². The van der Waals surface area contributed by atoms with Crippen molar-refractivity contribution >= 4 is 0 Å². The van der Waals surface area contributed by atoms with Crippen molar-refractivity contribution in [2.24, 2.45) is 5.73 Å². The van der Waals surface area contributed by atoms with Crippen LogP contribution >= 0.6 is 0 Å². The summed E-state index contributed by atoms with van der Waals surface area (Å²) >= 11 is 0. The standard InChI is InChI=1S/C16H17F2N/c1-10-4-7-12(8-5-10)16(3,19)13-9-6-11(2)14(17)15(13)18/h4-9H,19H2,1-3H3. The fraction of sp³-hybridized carbons (Fsp3) is 0.250. The summed E-state index contributed by atoms with van der Waals surface area (Å²) in [5.74, 6) is -1.70. The molecular weight excluding hydrogens is 244 g/mol. The molecule has 0 amide bonds. The summed E-state index contributed by atoms with van der Waals surface area (Å²) in [5.41, 5.74) is 7.45. The van der Waals surface area contributed by atoms with E-state index < -0.39 is 17.2 Å². The summed E-state index contributed by atoms with van der Waals surface area (Å²) in [6.07, 6.45) is 0. The summed E-state index contributed by atoms with van der Waals surface area (Å²) in [5, 5.41) is 0. The van der Waals surface area contributed by atoms with Crippen LogP contribution in [-0.2, 0) is 5.54 Å². The topological polar surface area (TPSA) is 26.0 Å². The third-order valence-corrected chi connectivity index (χ3v) is 3.49. The molecule has 0 saturated carbocycles. The Morgan fingerprint density at radius 3 is 2.05 bits per heavy atom. The number of hydrogen-bond donors (Lipinski definition) is 1. The minimum absolute atomic E-state index is 0.166. The van der Waals surface area contributed by atoms with Crippen molar-refractivity contribution < 1.29 is 8.78 Å². The minimum atomic E-state index is -1.06. The van der Waals surface area contributed by atoms with Crippen LogP contribution in [0.25, 0.3) is 0 Å². The fourth-order valence-corrected chi connectivity index (χ4v) is 2.10. The van der Waals surface area contributed by atoms with E-state index >= 15 is 0 Å². The van der Waals surface area contributed by atoms with Crippen molar-refractivity contribution in [3.8, 4) is 0 Å². The van der Waals surface area contributed by atoms with Crippen LogP contribution in [0.2, 0.25) is 0 Å². The molecule has 0 aliphatic rings. The highest BCUT2D eigenvalue weighted by molar-refractivity contribution is 5.40. The molecule has 1 unspecified atom stereocenters. The van der Waals surface area contributed by atoms with Gasteiger partial charge in [-0.3, -0.25) is 0 Å². The Bertz CT molecular complexity index is 601. The summed E-state index contributed by atoms with van der Waals surface area (Å²) in [4.78, 5) is 0. The molecular formula is C16H17F2N. The Hall–Kier alpha value is -1.74. The van der Waals surface area contributed by atoms with Crippen LogP contribution in [0, 0.1) is 25.5 Å². The first-order valence-corrected chi connectivity index (χ1v) is 6.15. The van der Waals surface area contributed by atoms with Gasteiger partial charge in [-0.2, -0.15) is 0 Å². The molecule has 100 valence electrons. The highest BCUT2D eigenvalue weighted by Crippen LogP contribution is 2.30. The first-order chi connectivity index (χ1) is 8.84. The van der Waals surface area contributed by atoms with E-state index in [2.05, 4.69) is 0 Å². The lowest BCUT2D eigenvalue weighted by Gasteiger charge is -2.27. The maximum Gasteiger partial charge on any atom is 0.164 e. The molecule has 0 aliphatic carbocycles. The summed E-state index contributed by atoms with van der Waals surface area (Å²) in [7, 11) is 0. The molecule has 2 aromatic rings. The maximum absolute atomic E-state index is 14.1. The normalized spacial score (nSPS) is 14.2. The van der Waals surface area contributed by atoms with Gasteiger partial charge < -0.3 is 5.73 Å². The second kappa shape index (κ2) is 4.74. The lowest BCUT2D eigenvalue weighted by atomic mass is 9.84. The maximum atomic E-state index is 14.1. The second-order valence-electron chi connectivity index (χ2n) is 5.13. The number of nitrogens with two attached hydrogens (primary N) is 1. The zero-order valence-electron chi connectivity index (χ0n) is 11.3. The average molecular weight is 261 g/mol. The molecule has 1 nitrogen and oxygen atoms in total. The molecule has 0 aliphatic heterocycles. The first kappa shape index (κ1) is 13.7. The molecule has 3 heteroatoms. The van der Waals surface area contributed by atoms with Crippen molar-refractivity contribution in [3.63, 3.8) is 0 Å². The molecule has 0 radical (unpaired) electrons. The molecule has 2 rings (SSSR count). The van der Waals surface area contributed by atoms with Gasteiger partial charge in [0, 0.05) is 5.56 Å². The molecule has 0 heterocycles. The highest BCUT2D eigenvalue weighted by atomic mass is 19.2. The van der Waals surface area contributed by atoms with Crippen LogP contribution < -0.4 is 5.73 Å². The highest BCUT2D eigenvalue weighted by Gasteiger charge is 2.28. The van der Waals surface area contributed by atoms with Gasteiger partial charge in [-0.15, -0.1) is 0 Å². The Labute approximate surface area is 112 Å². The van der Waals surface area contributed by atoms with Gasteiger partial charge in [0.25, 0.3) is 0 Å². The third kappa shape index (κ3) is 2.38. The fourth-order valence-electron chi connectivity index (χ4n) is 2.10. The Kier molecular flexibility index (Phi) is 3.42. The lowest BCUT2D eigenvalue weighted by Crippen LogP contribution is -2.35. The molecule has 0 saturated heterocycles. The van der Waals surface area contributed by atoms with Crippen molar-refractivity contribution in [2.45, 2.75) is 26.3 Å². The predicted molar refractivity (Wildman–Crippen MR) is 72.9 cm³/mol. The SMILES string of the molecule is Cc1ccc(C(C)(N)c2ccc(C)c(F)c2F)cc1. The molecule has 0 aromatic heterocycles. The van der Waals surface area contributed by atoms with Crippen molar-refractivity contribution in [1.82, 2.24) is 0 Å². The Morgan fingerprint density at radius 1 is 0.895 bits per heavy atom. The van der Waals surface area contributed by atoms with Gasteiger partial charge in [-0.1, -0.05) is 42.0 Å². The van der Waals surface area contributed by atoms with E-state index in [4.69, 9.17) is 5.73 Å².